The minimum atomic E-state index is -0.846. The summed E-state index contributed by atoms with van der Waals surface area (Å²) in [5.41, 5.74) is 8.62. The van der Waals surface area contributed by atoms with E-state index in [1.54, 1.807) is 24.9 Å². The standard InChI is InChI=1S/C19H21ClFN3O2S/c1-12(24-11-27-10-13-4-3-7-23-9-13)17(19(25)26-2)18(22)15-6-5-14(21)8-16(15)20/h3-9,18,24H,10-11,22H2,1-2H3/b17-12+. The third-order valence-corrected chi connectivity index (χ3v) is 5.06. The third kappa shape index (κ3) is 5.95. The van der Waals surface area contributed by atoms with Crippen LogP contribution in [0.2, 0.25) is 5.02 Å². The molecule has 0 spiro atoms. The molecule has 1 aromatic carbocycles. The van der Waals surface area contributed by atoms with Crippen LogP contribution in [-0.2, 0) is 15.3 Å². The quantitative estimate of drug-likeness (QED) is 0.299. The van der Waals surface area contributed by atoms with Gasteiger partial charge >= 0.3 is 5.97 Å². The first-order valence-corrected chi connectivity index (χ1v) is 9.67. The van der Waals surface area contributed by atoms with Gasteiger partial charge in [-0.3, -0.25) is 4.98 Å². The highest BCUT2D eigenvalue weighted by Crippen LogP contribution is 2.29. The van der Waals surface area contributed by atoms with E-state index in [1.165, 1.54) is 19.2 Å². The van der Waals surface area contributed by atoms with Gasteiger partial charge in [-0.2, -0.15) is 0 Å². The number of hydrogen-bond acceptors (Lipinski definition) is 6. The van der Waals surface area contributed by atoms with Crippen LogP contribution in [0.3, 0.4) is 0 Å². The van der Waals surface area contributed by atoms with E-state index in [0.717, 1.165) is 17.4 Å². The zero-order valence-electron chi connectivity index (χ0n) is 15.0. The Balaban J connectivity index is 2.11. The number of hydrogen-bond donors (Lipinski definition) is 2. The van der Waals surface area contributed by atoms with Crippen LogP contribution >= 0.6 is 23.4 Å². The zero-order valence-corrected chi connectivity index (χ0v) is 16.6. The summed E-state index contributed by atoms with van der Waals surface area (Å²) < 4.78 is 18.2. The van der Waals surface area contributed by atoms with E-state index in [9.17, 15) is 9.18 Å². The maximum absolute atomic E-state index is 13.3. The van der Waals surface area contributed by atoms with Crippen LogP contribution < -0.4 is 11.1 Å². The van der Waals surface area contributed by atoms with Crippen LogP contribution in [0, 0.1) is 5.82 Å². The number of nitrogens with two attached hydrogens (primary N) is 1. The van der Waals surface area contributed by atoms with Gasteiger partial charge in [0.25, 0.3) is 0 Å². The van der Waals surface area contributed by atoms with E-state index in [0.29, 0.717) is 17.1 Å². The third-order valence-electron chi connectivity index (χ3n) is 3.85. The molecule has 8 heteroatoms. The van der Waals surface area contributed by atoms with E-state index in [2.05, 4.69) is 10.3 Å². The molecule has 5 nitrogen and oxygen atoms in total. The van der Waals surface area contributed by atoms with Crippen LogP contribution in [0.4, 0.5) is 4.39 Å². The van der Waals surface area contributed by atoms with Crippen molar-refractivity contribution in [1.29, 1.82) is 0 Å². The maximum Gasteiger partial charge on any atom is 0.337 e. The van der Waals surface area contributed by atoms with Crippen LogP contribution in [-0.4, -0.2) is 23.9 Å². The van der Waals surface area contributed by atoms with Crippen molar-refractivity contribution in [2.24, 2.45) is 5.73 Å². The molecule has 3 N–H and O–H groups in total. The monoisotopic (exact) mass is 409 g/mol. The van der Waals surface area contributed by atoms with Gasteiger partial charge in [0.05, 0.1) is 24.6 Å². The second kappa shape index (κ2) is 10.3. The fourth-order valence-corrected chi connectivity index (χ4v) is 3.55. The van der Waals surface area contributed by atoms with Crippen molar-refractivity contribution in [3.63, 3.8) is 0 Å². The Labute approximate surface area is 167 Å². The number of methoxy groups -OCH3 is 1. The Kier molecular flexibility index (Phi) is 8.09. The van der Waals surface area contributed by atoms with Crippen LogP contribution in [0.15, 0.2) is 54.0 Å². The number of aromatic nitrogens is 1. The van der Waals surface area contributed by atoms with E-state index in [-0.39, 0.29) is 10.6 Å². The van der Waals surface area contributed by atoms with Crippen molar-refractivity contribution in [2.75, 3.05) is 13.0 Å². The van der Waals surface area contributed by atoms with Gasteiger partial charge in [-0.15, -0.1) is 11.8 Å². The van der Waals surface area contributed by atoms with E-state index >= 15 is 0 Å². The molecule has 0 saturated carbocycles. The number of nitrogens with one attached hydrogen (secondary N) is 1. The van der Waals surface area contributed by atoms with Gasteiger partial charge in [0.15, 0.2) is 0 Å². The zero-order chi connectivity index (χ0) is 19.8. The first-order valence-electron chi connectivity index (χ1n) is 8.14. The number of ether oxygens (including phenoxy) is 1. The lowest BCUT2D eigenvalue weighted by molar-refractivity contribution is -0.136. The van der Waals surface area contributed by atoms with Crippen molar-refractivity contribution in [2.45, 2.75) is 18.7 Å². The molecule has 0 bridgehead atoms. The summed E-state index contributed by atoms with van der Waals surface area (Å²) in [6.45, 7) is 1.74. The SMILES string of the molecule is COC(=O)/C(=C(\C)NCSCc1cccnc1)C(N)c1ccc(F)cc1Cl. The highest BCUT2D eigenvalue weighted by molar-refractivity contribution is 7.98. The molecule has 0 amide bonds. The highest BCUT2D eigenvalue weighted by atomic mass is 35.5. The molecule has 0 radical (unpaired) electrons. The molecular formula is C19H21ClFN3O2S. The first-order chi connectivity index (χ1) is 12.9. The van der Waals surface area contributed by atoms with E-state index in [1.807, 2.05) is 18.3 Å². The van der Waals surface area contributed by atoms with Crippen LogP contribution in [0.1, 0.15) is 24.1 Å². The Morgan fingerprint density at radius 3 is 2.85 bits per heavy atom. The largest absolute Gasteiger partial charge is 0.466 e. The molecule has 2 aromatic rings. The normalized spacial score (nSPS) is 12.9. The number of esters is 1. The molecule has 27 heavy (non-hydrogen) atoms. The van der Waals surface area contributed by atoms with Gasteiger partial charge < -0.3 is 15.8 Å². The Hall–Kier alpha value is -2.09. The van der Waals surface area contributed by atoms with Crippen molar-refractivity contribution in [1.82, 2.24) is 10.3 Å². The second-order valence-corrected chi connectivity index (χ2v) is 7.10. The molecule has 1 aromatic heterocycles. The lowest BCUT2D eigenvalue weighted by atomic mass is 9.98. The molecule has 2 rings (SSSR count). The number of pyridine rings is 1. The molecule has 0 saturated heterocycles. The van der Waals surface area contributed by atoms with Crippen LogP contribution in [0.25, 0.3) is 0 Å². The minimum absolute atomic E-state index is 0.155. The lowest BCUT2D eigenvalue weighted by Crippen LogP contribution is -2.26. The number of carbonyl (C=O) groups is 1. The Bertz CT molecular complexity index is 818. The summed E-state index contributed by atoms with van der Waals surface area (Å²) in [5, 5.41) is 3.33. The van der Waals surface area contributed by atoms with Crippen molar-refractivity contribution in [3.05, 3.63) is 76.0 Å². The summed E-state index contributed by atoms with van der Waals surface area (Å²) in [6.07, 6.45) is 3.53. The lowest BCUT2D eigenvalue weighted by Gasteiger charge is -2.19. The fraction of sp³-hybridized carbons (Fsp3) is 0.263. The van der Waals surface area contributed by atoms with Crippen molar-refractivity contribution < 1.29 is 13.9 Å². The summed E-state index contributed by atoms with van der Waals surface area (Å²) in [4.78, 5) is 16.3. The highest BCUT2D eigenvalue weighted by Gasteiger charge is 2.24. The second-order valence-electron chi connectivity index (χ2n) is 5.70. The number of carbonyl (C=O) groups excluding carboxylic acids is 1. The molecule has 0 fully saturated rings. The summed E-state index contributed by atoms with van der Waals surface area (Å²) >= 11 is 7.72. The Morgan fingerprint density at radius 2 is 2.22 bits per heavy atom. The summed E-state index contributed by atoms with van der Waals surface area (Å²) in [6, 6.07) is 6.92. The first kappa shape index (κ1) is 21.2. The smallest absolute Gasteiger partial charge is 0.337 e. The molecule has 144 valence electrons. The Morgan fingerprint density at radius 1 is 1.44 bits per heavy atom. The van der Waals surface area contributed by atoms with Crippen LogP contribution in [0.5, 0.6) is 0 Å². The van der Waals surface area contributed by atoms with Gasteiger partial charge in [-0.25, -0.2) is 9.18 Å². The van der Waals surface area contributed by atoms with Crippen molar-refractivity contribution >= 4 is 29.3 Å². The summed E-state index contributed by atoms with van der Waals surface area (Å²) in [5.74, 6) is 0.300. The number of benzene rings is 1. The van der Waals surface area contributed by atoms with Gasteiger partial charge in [0.1, 0.15) is 5.82 Å². The van der Waals surface area contributed by atoms with Gasteiger partial charge in [-0.1, -0.05) is 23.7 Å². The van der Waals surface area contributed by atoms with Crippen molar-refractivity contribution in [3.8, 4) is 0 Å². The average molecular weight is 410 g/mol. The molecule has 0 aliphatic rings. The number of nitrogens with zero attached hydrogens (tertiary/aromatic N) is 1. The molecule has 1 unspecified atom stereocenters. The molecule has 0 aliphatic heterocycles. The number of halogens is 2. The van der Waals surface area contributed by atoms with Gasteiger partial charge in [0.2, 0.25) is 0 Å². The average Bonchev–Trinajstić information content (AvgIpc) is 2.66. The topological polar surface area (TPSA) is 77.2 Å². The number of allylic oxidation sites excluding steroid dienone is 1. The minimum Gasteiger partial charge on any atom is -0.466 e. The molecule has 1 atom stereocenters. The van der Waals surface area contributed by atoms with E-state index in [4.69, 9.17) is 22.1 Å². The van der Waals surface area contributed by atoms with Gasteiger partial charge in [-0.05, 0) is 36.2 Å². The molecular weight excluding hydrogens is 389 g/mol. The fourth-order valence-electron chi connectivity index (χ4n) is 2.44. The predicted molar refractivity (Wildman–Crippen MR) is 107 cm³/mol. The number of rotatable bonds is 8. The summed E-state index contributed by atoms with van der Waals surface area (Å²) in [7, 11) is 1.28. The van der Waals surface area contributed by atoms with Gasteiger partial charge in [0, 0.05) is 28.9 Å². The maximum atomic E-state index is 13.3. The molecule has 1 heterocycles. The number of thioether (sulfide) groups is 1. The predicted octanol–water partition coefficient (Wildman–Crippen LogP) is 3.80. The van der Waals surface area contributed by atoms with E-state index < -0.39 is 17.8 Å². The molecule has 0 aliphatic carbocycles.